The molecule has 0 aromatic carbocycles. The number of nitrogens with zero attached hydrogens (tertiary/aromatic N) is 1. The van der Waals surface area contributed by atoms with E-state index in [0.29, 0.717) is 0 Å². The first kappa shape index (κ1) is 20.4. The van der Waals surface area contributed by atoms with Crippen LogP contribution < -0.4 is 5.73 Å². The Balaban J connectivity index is -0.000000158. The van der Waals surface area contributed by atoms with E-state index in [2.05, 4.69) is 28.2 Å². The lowest BCUT2D eigenvalue weighted by molar-refractivity contribution is 0.0857. The van der Waals surface area contributed by atoms with Gasteiger partial charge in [0.05, 0.1) is 13.2 Å². The van der Waals surface area contributed by atoms with Gasteiger partial charge in [-0.15, -0.1) is 0 Å². The van der Waals surface area contributed by atoms with Gasteiger partial charge < -0.3 is 20.8 Å². The van der Waals surface area contributed by atoms with Gasteiger partial charge in [0.1, 0.15) is 0 Å². The molecule has 0 fully saturated rings. The molecule has 0 atom stereocenters. The van der Waals surface area contributed by atoms with Crippen LogP contribution in [0.5, 0.6) is 0 Å². The third kappa shape index (κ3) is 56.1. The van der Waals surface area contributed by atoms with Crippen LogP contribution in [0.3, 0.4) is 0 Å². The molecule has 0 saturated heterocycles. The zero-order valence-electron chi connectivity index (χ0n) is 8.39. The van der Waals surface area contributed by atoms with Crippen molar-refractivity contribution in [3.63, 3.8) is 0 Å². The molecule has 0 aromatic rings. The highest BCUT2D eigenvalue weighted by Gasteiger charge is 2.13. The van der Waals surface area contributed by atoms with E-state index in [-0.39, 0.29) is 18.6 Å². The van der Waals surface area contributed by atoms with Crippen LogP contribution in [0.2, 0.25) is 0 Å². The number of aliphatic hydroxyl groups excluding tert-OH is 2. The molecule has 0 amide bonds. The SMILES string of the molecule is CC(C)(CO)CO.N#CN.O=P(O)(Cl)Cl. The van der Waals surface area contributed by atoms with Crippen LogP contribution in [0, 0.1) is 16.9 Å². The van der Waals surface area contributed by atoms with Crippen molar-refractivity contribution in [2.45, 2.75) is 13.8 Å². The van der Waals surface area contributed by atoms with Crippen LogP contribution in [0.1, 0.15) is 13.8 Å². The fourth-order valence-electron chi connectivity index (χ4n) is 0.0500. The van der Waals surface area contributed by atoms with E-state index in [0.717, 1.165) is 0 Å². The summed E-state index contributed by atoms with van der Waals surface area (Å²) in [5, 5.41) is 24.0. The van der Waals surface area contributed by atoms with Gasteiger partial charge in [0.15, 0.2) is 6.19 Å². The lowest BCUT2D eigenvalue weighted by Gasteiger charge is -2.16. The second-order valence-electron chi connectivity index (χ2n) is 3.04. The molecule has 0 spiro atoms. The van der Waals surface area contributed by atoms with Crippen LogP contribution in [-0.2, 0) is 4.57 Å². The largest absolute Gasteiger partial charge is 0.396 e. The Bertz CT molecular complexity index is 211. The maximum absolute atomic E-state index is 9.30. The number of halogens is 2. The van der Waals surface area contributed by atoms with E-state index in [1.807, 2.05) is 0 Å². The minimum absolute atomic E-state index is 0.0451. The maximum atomic E-state index is 9.30. The minimum Gasteiger partial charge on any atom is -0.396 e. The van der Waals surface area contributed by atoms with E-state index in [9.17, 15) is 4.57 Å². The minimum atomic E-state index is -3.69. The van der Waals surface area contributed by atoms with Gasteiger partial charge in [-0.25, -0.2) is 0 Å². The van der Waals surface area contributed by atoms with Crippen LogP contribution >= 0.6 is 28.6 Å². The maximum Gasteiger partial charge on any atom is 0.377 e. The number of hydrogen-bond donors (Lipinski definition) is 4. The molecule has 92 valence electrons. The average Bonchev–Trinajstić information content (AvgIpc) is 2.03. The number of hydrogen-bond acceptors (Lipinski definition) is 5. The molecule has 0 radical (unpaired) electrons. The summed E-state index contributed by atoms with van der Waals surface area (Å²) in [6.07, 6.45) is -2.44. The summed E-state index contributed by atoms with van der Waals surface area (Å²) >= 11 is 8.81. The molecule has 0 bridgehead atoms. The summed E-state index contributed by atoms with van der Waals surface area (Å²) < 4.78 is 9.30. The van der Waals surface area contributed by atoms with E-state index in [1.165, 1.54) is 6.19 Å². The Hall–Kier alpha value is -0.0200. The molecule has 0 unspecified atom stereocenters. The molecule has 0 aliphatic heterocycles. The van der Waals surface area contributed by atoms with Gasteiger partial charge in [0.25, 0.3) is 0 Å². The summed E-state index contributed by atoms with van der Waals surface area (Å²) in [6, 6.07) is 0. The Labute approximate surface area is 98.3 Å². The predicted octanol–water partition coefficient (Wildman–Crippen LogP) is 0.988. The molecule has 0 rings (SSSR count). The van der Waals surface area contributed by atoms with Crippen molar-refractivity contribution in [2.75, 3.05) is 13.2 Å². The normalized spacial score (nSPS) is 10.0. The first-order chi connectivity index (χ1) is 6.54. The number of rotatable bonds is 2. The van der Waals surface area contributed by atoms with Crippen molar-refractivity contribution in [1.29, 1.82) is 5.26 Å². The summed E-state index contributed by atoms with van der Waals surface area (Å²) in [4.78, 5) is 7.61. The van der Waals surface area contributed by atoms with Gasteiger partial charge in [0, 0.05) is 5.41 Å². The van der Waals surface area contributed by atoms with Gasteiger partial charge in [-0.05, 0) is 22.5 Å². The number of aliphatic hydroxyl groups is 2. The fraction of sp³-hybridized carbons (Fsp3) is 0.833. The number of nitrogens with two attached hydrogens (primary N) is 1. The van der Waals surface area contributed by atoms with Crippen molar-refractivity contribution >= 4 is 28.6 Å². The predicted molar refractivity (Wildman–Crippen MR) is 59.3 cm³/mol. The standard InChI is InChI=1S/C5H12O2.CH2N2.Cl2HO2P/c1-5(2,3-6)4-7;2-1-3;1-5(2,3)4/h6-7H,3-4H2,1-2H3;2H2;(H,3,4). The summed E-state index contributed by atoms with van der Waals surface area (Å²) in [5.74, 6) is 0. The molecule has 0 aliphatic carbocycles. The molecular weight excluding hydrogens is 266 g/mol. The lowest BCUT2D eigenvalue weighted by atomic mass is 9.97. The highest BCUT2D eigenvalue weighted by atomic mass is 35.9. The van der Waals surface area contributed by atoms with Gasteiger partial charge in [-0.3, -0.25) is 4.57 Å². The van der Waals surface area contributed by atoms with Crippen molar-refractivity contribution < 1.29 is 19.7 Å². The molecule has 15 heavy (non-hydrogen) atoms. The zero-order chi connectivity index (χ0) is 13.1. The second kappa shape index (κ2) is 10.5. The Morgan fingerprint density at radius 2 is 1.53 bits per heavy atom. The quantitative estimate of drug-likeness (QED) is 0.339. The summed E-state index contributed by atoms with van der Waals surface area (Å²) in [7, 11) is 0. The van der Waals surface area contributed by atoms with Crippen LogP contribution in [-0.4, -0.2) is 28.3 Å². The van der Waals surface area contributed by atoms with Crippen LogP contribution in [0.4, 0.5) is 0 Å². The molecule has 9 heteroatoms. The van der Waals surface area contributed by atoms with Gasteiger partial charge in [0.2, 0.25) is 0 Å². The van der Waals surface area contributed by atoms with Crippen molar-refractivity contribution in [3.8, 4) is 6.19 Å². The Morgan fingerprint density at radius 1 is 1.40 bits per heavy atom. The van der Waals surface area contributed by atoms with Crippen LogP contribution in [0.15, 0.2) is 0 Å². The summed E-state index contributed by atoms with van der Waals surface area (Å²) in [5.41, 5.74) is 3.85. The monoisotopic (exact) mass is 280 g/mol. The van der Waals surface area contributed by atoms with Gasteiger partial charge >= 0.3 is 6.07 Å². The average molecular weight is 281 g/mol. The van der Waals surface area contributed by atoms with E-state index in [4.69, 9.17) is 20.4 Å². The smallest absolute Gasteiger partial charge is 0.377 e. The third-order valence-corrected chi connectivity index (χ3v) is 0.856. The highest BCUT2D eigenvalue weighted by Crippen LogP contribution is 2.51. The van der Waals surface area contributed by atoms with Gasteiger partial charge in [-0.1, -0.05) is 13.8 Å². The van der Waals surface area contributed by atoms with Crippen molar-refractivity contribution in [2.24, 2.45) is 11.1 Å². The lowest BCUT2D eigenvalue weighted by Crippen LogP contribution is -2.20. The molecule has 5 N–H and O–H groups in total. The topological polar surface area (TPSA) is 128 Å². The molecule has 0 aliphatic rings. The summed E-state index contributed by atoms with van der Waals surface area (Å²) in [6.45, 7) is 3.69. The first-order valence-corrected chi connectivity index (χ1v) is 7.04. The third-order valence-electron chi connectivity index (χ3n) is 0.856. The molecule has 6 nitrogen and oxygen atoms in total. The van der Waals surface area contributed by atoms with E-state index >= 15 is 0 Å². The Kier molecular flexibility index (Phi) is 14.3. The fourth-order valence-corrected chi connectivity index (χ4v) is 0.0500. The van der Waals surface area contributed by atoms with Crippen molar-refractivity contribution in [1.82, 2.24) is 0 Å². The second-order valence-corrected chi connectivity index (χ2v) is 7.18. The molecule has 0 heterocycles. The molecule has 0 aromatic heterocycles. The molecular formula is C6H15Cl2N2O4P. The van der Waals surface area contributed by atoms with Crippen molar-refractivity contribution in [3.05, 3.63) is 0 Å². The highest BCUT2D eigenvalue weighted by molar-refractivity contribution is 8.04. The van der Waals surface area contributed by atoms with E-state index in [1.54, 1.807) is 13.8 Å². The zero-order valence-corrected chi connectivity index (χ0v) is 10.8. The molecule has 0 saturated carbocycles. The van der Waals surface area contributed by atoms with Gasteiger partial charge in [-0.2, -0.15) is 5.26 Å². The first-order valence-electron chi connectivity index (χ1n) is 3.57. The van der Waals surface area contributed by atoms with E-state index < -0.39 is 6.07 Å². The van der Waals surface area contributed by atoms with Crippen LogP contribution in [0.25, 0.3) is 0 Å². The number of nitriles is 1. The Morgan fingerprint density at radius 3 is 1.53 bits per heavy atom.